The summed E-state index contributed by atoms with van der Waals surface area (Å²) >= 11 is 0. The predicted molar refractivity (Wildman–Crippen MR) is 45.7 cm³/mol. The van der Waals surface area contributed by atoms with Crippen LogP contribution in [0.3, 0.4) is 0 Å². The van der Waals surface area contributed by atoms with Crippen molar-refractivity contribution in [1.29, 1.82) is 0 Å². The summed E-state index contributed by atoms with van der Waals surface area (Å²) in [6, 6.07) is 5.83. The Balaban J connectivity index is 2.20. The summed E-state index contributed by atoms with van der Waals surface area (Å²) in [5.74, 6) is -0.294. The van der Waals surface area contributed by atoms with Crippen LogP contribution in [0.15, 0.2) is 24.3 Å². The molecule has 0 amide bonds. The van der Waals surface area contributed by atoms with Gasteiger partial charge in [-0.1, -0.05) is 12.1 Å². The lowest BCUT2D eigenvalue weighted by Crippen LogP contribution is -2.17. The second kappa shape index (κ2) is 2.79. The van der Waals surface area contributed by atoms with Gasteiger partial charge in [0.15, 0.2) is 0 Å². The van der Waals surface area contributed by atoms with Crippen molar-refractivity contribution < 1.29 is 14.2 Å². The minimum absolute atomic E-state index is 0.294. The van der Waals surface area contributed by atoms with Crippen molar-refractivity contribution in [2.75, 3.05) is 6.61 Å². The Bertz CT molecular complexity index is 303. The third-order valence-corrected chi connectivity index (χ3v) is 2.36. The SMILES string of the molecule is CC1(C(O)c2ccc(F)cc2)CO1. The summed E-state index contributed by atoms with van der Waals surface area (Å²) in [6.45, 7) is 2.40. The summed E-state index contributed by atoms with van der Waals surface area (Å²) in [5, 5.41) is 9.76. The first-order valence-electron chi connectivity index (χ1n) is 4.19. The largest absolute Gasteiger partial charge is 0.385 e. The first-order chi connectivity index (χ1) is 6.12. The maximum Gasteiger partial charge on any atom is 0.123 e. The van der Waals surface area contributed by atoms with E-state index >= 15 is 0 Å². The van der Waals surface area contributed by atoms with Crippen molar-refractivity contribution in [3.63, 3.8) is 0 Å². The monoisotopic (exact) mass is 182 g/mol. The Labute approximate surface area is 76.0 Å². The Morgan fingerprint density at radius 2 is 2.00 bits per heavy atom. The smallest absolute Gasteiger partial charge is 0.123 e. The average molecular weight is 182 g/mol. The second-order valence-corrected chi connectivity index (χ2v) is 3.56. The molecule has 0 saturated carbocycles. The van der Waals surface area contributed by atoms with Gasteiger partial charge in [0.05, 0.1) is 6.61 Å². The lowest BCUT2D eigenvalue weighted by atomic mass is 9.98. The fourth-order valence-corrected chi connectivity index (χ4v) is 1.27. The molecule has 1 aliphatic heterocycles. The summed E-state index contributed by atoms with van der Waals surface area (Å²) in [7, 11) is 0. The molecule has 13 heavy (non-hydrogen) atoms. The fraction of sp³-hybridized carbons (Fsp3) is 0.400. The molecular formula is C10H11FO2. The molecule has 0 radical (unpaired) electrons. The molecule has 70 valence electrons. The van der Waals surface area contributed by atoms with E-state index in [2.05, 4.69) is 0 Å². The maximum atomic E-state index is 12.5. The van der Waals surface area contributed by atoms with Crippen LogP contribution in [0.25, 0.3) is 0 Å². The van der Waals surface area contributed by atoms with E-state index in [1.54, 1.807) is 12.1 Å². The topological polar surface area (TPSA) is 32.8 Å². The highest BCUT2D eigenvalue weighted by molar-refractivity contribution is 5.22. The van der Waals surface area contributed by atoms with E-state index in [1.807, 2.05) is 6.92 Å². The summed E-state index contributed by atoms with van der Waals surface area (Å²) in [5.41, 5.74) is 0.235. The lowest BCUT2D eigenvalue weighted by Gasteiger charge is -2.14. The van der Waals surface area contributed by atoms with Crippen LogP contribution < -0.4 is 0 Å². The molecule has 2 atom stereocenters. The van der Waals surface area contributed by atoms with Gasteiger partial charge in [-0.05, 0) is 24.6 Å². The van der Waals surface area contributed by atoms with Crippen molar-refractivity contribution in [2.45, 2.75) is 18.6 Å². The van der Waals surface area contributed by atoms with Gasteiger partial charge in [0, 0.05) is 0 Å². The molecule has 0 bridgehead atoms. The van der Waals surface area contributed by atoms with Crippen LogP contribution in [0.1, 0.15) is 18.6 Å². The number of aliphatic hydroxyl groups is 1. The first-order valence-corrected chi connectivity index (χ1v) is 4.19. The van der Waals surface area contributed by atoms with Gasteiger partial charge in [-0.15, -0.1) is 0 Å². The van der Waals surface area contributed by atoms with Crippen LogP contribution in [-0.4, -0.2) is 17.3 Å². The van der Waals surface area contributed by atoms with Crippen molar-refractivity contribution in [2.24, 2.45) is 0 Å². The van der Waals surface area contributed by atoms with Crippen molar-refractivity contribution in [3.05, 3.63) is 35.6 Å². The molecule has 2 nitrogen and oxygen atoms in total. The van der Waals surface area contributed by atoms with Crippen LogP contribution in [-0.2, 0) is 4.74 Å². The highest BCUT2D eigenvalue weighted by atomic mass is 19.1. The van der Waals surface area contributed by atoms with Crippen LogP contribution in [0.4, 0.5) is 4.39 Å². The number of hydrogen-bond donors (Lipinski definition) is 1. The fourth-order valence-electron chi connectivity index (χ4n) is 1.27. The van der Waals surface area contributed by atoms with Gasteiger partial charge in [-0.25, -0.2) is 4.39 Å². The van der Waals surface area contributed by atoms with Gasteiger partial charge < -0.3 is 9.84 Å². The summed E-state index contributed by atoms with van der Waals surface area (Å²) < 4.78 is 17.6. The summed E-state index contributed by atoms with van der Waals surface area (Å²) in [6.07, 6.45) is -0.659. The molecule has 0 aliphatic carbocycles. The van der Waals surface area contributed by atoms with Gasteiger partial charge in [-0.3, -0.25) is 0 Å². The number of benzene rings is 1. The minimum Gasteiger partial charge on any atom is -0.385 e. The van der Waals surface area contributed by atoms with E-state index in [9.17, 15) is 9.50 Å². The van der Waals surface area contributed by atoms with Crippen molar-refractivity contribution >= 4 is 0 Å². The number of halogens is 1. The van der Waals surface area contributed by atoms with Crippen LogP contribution in [0, 0.1) is 5.82 Å². The van der Waals surface area contributed by atoms with Gasteiger partial charge in [0.1, 0.15) is 17.5 Å². The highest BCUT2D eigenvalue weighted by Gasteiger charge is 2.47. The molecule has 0 spiro atoms. The Morgan fingerprint density at radius 3 is 2.46 bits per heavy atom. The molecule has 2 unspecified atom stereocenters. The van der Waals surface area contributed by atoms with Crippen LogP contribution >= 0.6 is 0 Å². The number of aliphatic hydroxyl groups excluding tert-OH is 1. The molecule has 1 heterocycles. The molecule has 1 aromatic rings. The third-order valence-electron chi connectivity index (χ3n) is 2.36. The van der Waals surface area contributed by atoms with Crippen molar-refractivity contribution in [3.8, 4) is 0 Å². The van der Waals surface area contributed by atoms with Gasteiger partial charge in [0.2, 0.25) is 0 Å². The number of ether oxygens (including phenoxy) is 1. The minimum atomic E-state index is -0.659. The molecule has 1 aromatic carbocycles. The lowest BCUT2D eigenvalue weighted by molar-refractivity contribution is 0.0848. The van der Waals surface area contributed by atoms with Gasteiger partial charge in [-0.2, -0.15) is 0 Å². The molecule has 3 heteroatoms. The second-order valence-electron chi connectivity index (χ2n) is 3.56. The predicted octanol–water partition coefficient (Wildman–Crippen LogP) is 1.65. The van der Waals surface area contributed by atoms with Crippen LogP contribution in [0.2, 0.25) is 0 Å². The Morgan fingerprint density at radius 1 is 1.46 bits per heavy atom. The van der Waals surface area contributed by atoms with E-state index < -0.39 is 11.7 Å². The zero-order valence-electron chi connectivity index (χ0n) is 7.33. The number of hydrogen-bond acceptors (Lipinski definition) is 2. The van der Waals surface area contributed by atoms with Crippen LogP contribution in [0.5, 0.6) is 0 Å². The first kappa shape index (κ1) is 8.66. The van der Waals surface area contributed by atoms with Gasteiger partial charge >= 0.3 is 0 Å². The Kier molecular flexibility index (Phi) is 1.86. The molecule has 1 fully saturated rings. The normalized spacial score (nSPS) is 28.5. The van der Waals surface area contributed by atoms with E-state index in [4.69, 9.17) is 4.74 Å². The van der Waals surface area contributed by atoms with Crippen molar-refractivity contribution in [1.82, 2.24) is 0 Å². The van der Waals surface area contributed by atoms with E-state index in [0.717, 1.165) is 0 Å². The summed E-state index contributed by atoms with van der Waals surface area (Å²) in [4.78, 5) is 0. The maximum absolute atomic E-state index is 12.5. The third kappa shape index (κ3) is 1.57. The molecular weight excluding hydrogens is 171 g/mol. The zero-order chi connectivity index (χ0) is 9.47. The quantitative estimate of drug-likeness (QED) is 0.705. The zero-order valence-corrected chi connectivity index (χ0v) is 7.33. The van der Waals surface area contributed by atoms with E-state index in [0.29, 0.717) is 12.2 Å². The van der Waals surface area contributed by atoms with Gasteiger partial charge in [0.25, 0.3) is 0 Å². The standard InChI is InChI=1S/C10H11FO2/c1-10(6-13-10)9(12)7-2-4-8(11)5-3-7/h2-5,9,12H,6H2,1H3. The molecule has 1 N–H and O–H groups in total. The molecule has 1 aliphatic rings. The Hall–Kier alpha value is -0.930. The van der Waals surface area contributed by atoms with E-state index in [1.165, 1.54) is 12.1 Å². The number of rotatable bonds is 2. The highest BCUT2D eigenvalue weighted by Crippen LogP contribution is 2.39. The molecule has 2 rings (SSSR count). The average Bonchev–Trinajstić information content (AvgIpc) is 2.85. The number of epoxide rings is 1. The van der Waals surface area contributed by atoms with E-state index in [-0.39, 0.29) is 5.82 Å². The molecule has 0 aromatic heterocycles. The molecule has 1 saturated heterocycles.